The summed E-state index contributed by atoms with van der Waals surface area (Å²) in [6.07, 6.45) is 0. The number of hydrogen-bond acceptors (Lipinski definition) is 3. The molecule has 1 N–H and O–H groups in total. The van der Waals surface area contributed by atoms with Gasteiger partial charge in [-0.15, -0.1) is 23.7 Å². The van der Waals surface area contributed by atoms with Crippen LogP contribution in [0.25, 0.3) is 0 Å². The van der Waals surface area contributed by atoms with Crippen LogP contribution in [0.15, 0.2) is 6.07 Å². The van der Waals surface area contributed by atoms with Gasteiger partial charge in [-0.1, -0.05) is 0 Å². The molecule has 1 fully saturated rings. The van der Waals surface area contributed by atoms with E-state index in [0.717, 1.165) is 31.1 Å². The third-order valence-electron chi connectivity index (χ3n) is 2.78. The molecule has 0 aromatic carbocycles. The maximum atomic E-state index is 12.1. The first-order valence-electron chi connectivity index (χ1n) is 5.25. The lowest BCUT2D eigenvalue weighted by atomic mass is 10.2. The van der Waals surface area contributed by atoms with Crippen LogP contribution in [0, 0.1) is 13.8 Å². The molecule has 0 unspecified atom stereocenters. The molecule has 0 spiro atoms. The van der Waals surface area contributed by atoms with Gasteiger partial charge in [-0.2, -0.15) is 0 Å². The van der Waals surface area contributed by atoms with E-state index in [-0.39, 0.29) is 18.3 Å². The largest absolute Gasteiger partial charge is 0.335 e. The molecule has 0 bridgehead atoms. The molecule has 5 heteroatoms. The molecular formula is C11H17ClN2OS. The summed E-state index contributed by atoms with van der Waals surface area (Å²) in [5.74, 6) is 0.192. The minimum absolute atomic E-state index is 0. The van der Waals surface area contributed by atoms with Crippen LogP contribution >= 0.6 is 23.7 Å². The summed E-state index contributed by atoms with van der Waals surface area (Å²) in [6, 6.07) is 2.00. The predicted octanol–water partition coefficient (Wildman–Crippen LogP) is 1.83. The third-order valence-corrected chi connectivity index (χ3v) is 3.92. The SMILES string of the molecule is Cc1cc(C(=O)N2CCNCC2)sc1C.Cl. The number of hydrogen-bond donors (Lipinski definition) is 1. The monoisotopic (exact) mass is 260 g/mol. The van der Waals surface area contributed by atoms with E-state index >= 15 is 0 Å². The highest BCUT2D eigenvalue weighted by molar-refractivity contribution is 7.14. The zero-order valence-corrected chi connectivity index (χ0v) is 11.2. The van der Waals surface area contributed by atoms with Crippen molar-refractivity contribution in [2.24, 2.45) is 0 Å². The first-order chi connectivity index (χ1) is 7.18. The second-order valence-electron chi connectivity index (χ2n) is 3.89. The minimum Gasteiger partial charge on any atom is -0.335 e. The van der Waals surface area contributed by atoms with Gasteiger partial charge in [0, 0.05) is 31.1 Å². The summed E-state index contributed by atoms with van der Waals surface area (Å²) in [5, 5.41) is 3.25. The van der Waals surface area contributed by atoms with Crippen molar-refractivity contribution < 1.29 is 4.79 Å². The Morgan fingerprint density at radius 2 is 2.00 bits per heavy atom. The number of carbonyl (C=O) groups is 1. The van der Waals surface area contributed by atoms with Gasteiger partial charge in [0.1, 0.15) is 0 Å². The van der Waals surface area contributed by atoms with E-state index in [1.54, 1.807) is 11.3 Å². The first kappa shape index (κ1) is 13.5. The van der Waals surface area contributed by atoms with Crippen molar-refractivity contribution in [1.82, 2.24) is 10.2 Å². The summed E-state index contributed by atoms with van der Waals surface area (Å²) in [6.45, 7) is 7.60. The Balaban J connectivity index is 0.00000128. The molecule has 2 heterocycles. The Bertz CT molecular complexity index is 353. The van der Waals surface area contributed by atoms with Crippen LogP contribution < -0.4 is 5.32 Å². The highest BCUT2D eigenvalue weighted by atomic mass is 35.5. The molecule has 90 valence electrons. The van der Waals surface area contributed by atoms with Gasteiger partial charge in [-0.05, 0) is 25.5 Å². The normalized spacial score (nSPS) is 15.8. The molecule has 0 radical (unpaired) electrons. The molecule has 0 atom stereocenters. The molecule has 3 nitrogen and oxygen atoms in total. The summed E-state index contributed by atoms with van der Waals surface area (Å²) in [7, 11) is 0. The van der Waals surface area contributed by atoms with Gasteiger partial charge in [-0.25, -0.2) is 0 Å². The first-order valence-corrected chi connectivity index (χ1v) is 6.07. The van der Waals surface area contributed by atoms with E-state index in [4.69, 9.17) is 0 Å². The van der Waals surface area contributed by atoms with E-state index in [0.29, 0.717) is 0 Å². The Kier molecular flexibility index (Phi) is 4.77. The third kappa shape index (κ3) is 2.75. The van der Waals surface area contributed by atoms with E-state index in [9.17, 15) is 4.79 Å². The second-order valence-corrected chi connectivity index (χ2v) is 5.15. The highest BCUT2D eigenvalue weighted by Gasteiger charge is 2.19. The number of carbonyl (C=O) groups excluding carboxylic acids is 1. The Morgan fingerprint density at radius 3 is 2.50 bits per heavy atom. The van der Waals surface area contributed by atoms with Crippen LogP contribution in [-0.4, -0.2) is 37.0 Å². The van der Waals surface area contributed by atoms with Gasteiger partial charge in [0.05, 0.1) is 4.88 Å². The topological polar surface area (TPSA) is 32.3 Å². The molecule has 1 saturated heterocycles. The van der Waals surface area contributed by atoms with Crippen LogP contribution in [-0.2, 0) is 0 Å². The van der Waals surface area contributed by atoms with Gasteiger partial charge in [0.15, 0.2) is 0 Å². The number of amides is 1. The molecule has 1 aliphatic heterocycles. The van der Waals surface area contributed by atoms with Crippen molar-refractivity contribution in [2.45, 2.75) is 13.8 Å². The van der Waals surface area contributed by atoms with Crippen LogP contribution in [0.3, 0.4) is 0 Å². The number of rotatable bonds is 1. The molecule has 2 rings (SSSR count). The van der Waals surface area contributed by atoms with Crippen molar-refractivity contribution in [3.8, 4) is 0 Å². The predicted molar refractivity (Wildman–Crippen MR) is 69.8 cm³/mol. The summed E-state index contributed by atoms with van der Waals surface area (Å²) >= 11 is 1.60. The lowest BCUT2D eigenvalue weighted by Gasteiger charge is -2.26. The fourth-order valence-corrected chi connectivity index (χ4v) is 2.70. The standard InChI is InChI=1S/C11H16N2OS.ClH/c1-8-7-10(15-9(8)2)11(14)13-5-3-12-4-6-13;/h7,12H,3-6H2,1-2H3;1H. The fraction of sp³-hybridized carbons (Fsp3) is 0.545. The van der Waals surface area contributed by atoms with Crippen molar-refractivity contribution >= 4 is 29.7 Å². The van der Waals surface area contributed by atoms with Crippen LogP contribution in [0.4, 0.5) is 0 Å². The minimum atomic E-state index is 0. The zero-order valence-electron chi connectivity index (χ0n) is 9.58. The van der Waals surface area contributed by atoms with Crippen LogP contribution in [0.5, 0.6) is 0 Å². The van der Waals surface area contributed by atoms with Gasteiger partial charge in [0.25, 0.3) is 5.91 Å². The van der Waals surface area contributed by atoms with Crippen LogP contribution in [0.2, 0.25) is 0 Å². The molecule has 1 aliphatic rings. The summed E-state index contributed by atoms with van der Waals surface area (Å²) in [4.78, 5) is 16.1. The second kappa shape index (κ2) is 5.66. The number of nitrogens with zero attached hydrogens (tertiary/aromatic N) is 1. The number of thiophene rings is 1. The molecule has 1 amide bonds. The van der Waals surface area contributed by atoms with E-state index < -0.39 is 0 Å². The number of nitrogens with one attached hydrogen (secondary N) is 1. The molecule has 0 saturated carbocycles. The molecule has 16 heavy (non-hydrogen) atoms. The van der Waals surface area contributed by atoms with Gasteiger partial charge < -0.3 is 10.2 Å². The zero-order chi connectivity index (χ0) is 10.8. The molecule has 0 aliphatic carbocycles. The quantitative estimate of drug-likeness (QED) is 0.836. The average molecular weight is 261 g/mol. The van der Waals surface area contributed by atoms with E-state index in [1.165, 1.54) is 10.4 Å². The molecule has 1 aromatic rings. The van der Waals surface area contributed by atoms with Gasteiger partial charge in [-0.3, -0.25) is 4.79 Å². The van der Waals surface area contributed by atoms with Crippen LogP contribution in [0.1, 0.15) is 20.1 Å². The van der Waals surface area contributed by atoms with Crippen molar-refractivity contribution in [1.29, 1.82) is 0 Å². The van der Waals surface area contributed by atoms with Crippen molar-refractivity contribution in [2.75, 3.05) is 26.2 Å². The number of piperazine rings is 1. The van der Waals surface area contributed by atoms with Crippen molar-refractivity contribution in [3.05, 3.63) is 21.4 Å². The fourth-order valence-electron chi connectivity index (χ4n) is 1.70. The molecular weight excluding hydrogens is 244 g/mol. The van der Waals surface area contributed by atoms with E-state index in [1.807, 2.05) is 11.0 Å². The molecule has 1 aromatic heterocycles. The Morgan fingerprint density at radius 1 is 1.38 bits per heavy atom. The maximum absolute atomic E-state index is 12.1. The smallest absolute Gasteiger partial charge is 0.264 e. The highest BCUT2D eigenvalue weighted by Crippen LogP contribution is 2.22. The Labute approximate surface area is 106 Å². The Hall–Kier alpha value is -0.580. The summed E-state index contributed by atoms with van der Waals surface area (Å²) in [5.41, 5.74) is 1.22. The van der Waals surface area contributed by atoms with Gasteiger partial charge in [0.2, 0.25) is 0 Å². The van der Waals surface area contributed by atoms with Gasteiger partial charge >= 0.3 is 0 Å². The van der Waals surface area contributed by atoms with E-state index in [2.05, 4.69) is 19.2 Å². The maximum Gasteiger partial charge on any atom is 0.264 e. The average Bonchev–Trinajstić information content (AvgIpc) is 2.59. The lowest BCUT2D eigenvalue weighted by molar-refractivity contribution is 0.0740. The van der Waals surface area contributed by atoms with Crippen molar-refractivity contribution in [3.63, 3.8) is 0 Å². The summed E-state index contributed by atoms with van der Waals surface area (Å²) < 4.78 is 0. The lowest BCUT2D eigenvalue weighted by Crippen LogP contribution is -2.46. The number of halogens is 1. The number of aryl methyl sites for hydroxylation is 2.